The van der Waals surface area contributed by atoms with Crippen LogP contribution in [0.2, 0.25) is 5.02 Å². The van der Waals surface area contributed by atoms with E-state index in [2.05, 4.69) is 10.6 Å². The van der Waals surface area contributed by atoms with Gasteiger partial charge in [0.15, 0.2) is 0 Å². The van der Waals surface area contributed by atoms with Gasteiger partial charge in [-0.1, -0.05) is 29.8 Å². The van der Waals surface area contributed by atoms with Crippen molar-refractivity contribution >= 4 is 23.4 Å². The molecule has 1 fully saturated rings. The first-order chi connectivity index (χ1) is 10.6. The second-order valence-corrected chi connectivity index (χ2v) is 6.34. The number of hydrogen-bond acceptors (Lipinski definition) is 2. The van der Waals surface area contributed by atoms with Crippen LogP contribution in [0.3, 0.4) is 0 Å². The number of benzene rings is 1. The summed E-state index contributed by atoms with van der Waals surface area (Å²) in [5, 5.41) is 6.56. The maximum atomic E-state index is 11.9. The topological polar surface area (TPSA) is 58.2 Å². The van der Waals surface area contributed by atoms with Crippen molar-refractivity contribution < 1.29 is 9.59 Å². The summed E-state index contributed by atoms with van der Waals surface area (Å²) in [6.45, 7) is 2.54. The number of hydrogen-bond donors (Lipinski definition) is 2. The normalized spacial score (nSPS) is 15.2. The molecule has 0 aliphatic heterocycles. The van der Waals surface area contributed by atoms with E-state index < -0.39 is 0 Å². The standard InChI is InChI=1S/C17H23ClN2O2/c1-12(11-14-5-2-3-6-15(14)18)20-16(21)7-4-10-19-17(22)13-8-9-13/h2-3,5-6,12-13H,4,7-11H2,1H3,(H,19,22)(H,20,21)/t12-/m1/s1. The molecule has 1 aromatic carbocycles. The average Bonchev–Trinajstić information content (AvgIpc) is 3.30. The third-order valence-electron chi connectivity index (χ3n) is 3.72. The van der Waals surface area contributed by atoms with Crippen LogP contribution in [0.15, 0.2) is 24.3 Å². The molecule has 0 bridgehead atoms. The fourth-order valence-electron chi connectivity index (χ4n) is 2.34. The van der Waals surface area contributed by atoms with Crippen molar-refractivity contribution in [1.82, 2.24) is 10.6 Å². The largest absolute Gasteiger partial charge is 0.356 e. The van der Waals surface area contributed by atoms with Gasteiger partial charge in [-0.3, -0.25) is 9.59 Å². The molecule has 120 valence electrons. The molecule has 2 rings (SSSR count). The van der Waals surface area contributed by atoms with Crippen LogP contribution in [0.5, 0.6) is 0 Å². The summed E-state index contributed by atoms with van der Waals surface area (Å²) in [4.78, 5) is 23.3. The molecule has 22 heavy (non-hydrogen) atoms. The van der Waals surface area contributed by atoms with Gasteiger partial charge in [0.05, 0.1) is 0 Å². The van der Waals surface area contributed by atoms with Gasteiger partial charge in [0.1, 0.15) is 0 Å². The Hall–Kier alpha value is -1.55. The Morgan fingerprint density at radius 1 is 1.32 bits per heavy atom. The van der Waals surface area contributed by atoms with Gasteiger partial charge in [-0.25, -0.2) is 0 Å². The molecule has 0 saturated heterocycles. The van der Waals surface area contributed by atoms with Crippen LogP contribution in [0.1, 0.15) is 38.2 Å². The van der Waals surface area contributed by atoms with Crippen LogP contribution in [-0.2, 0) is 16.0 Å². The summed E-state index contributed by atoms with van der Waals surface area (Å²) in [5.41, 5.74) is 1.04. The van der Waals surface area contributed by atoms with Crippen LogP contribution in [0.4, 0.5) is 0 Å². The van der Waals surface area contributed by atoms with E-state index in [0.717, 1.165) is 23.4 Å². The minimum absolute atomic E-state index is 0.0141. The Morgan fingerprint density at radius 2 is 2.05 bits per heavy atom. The second kappa shape index (κ2) is 8.18. The summed E-state index contributed by atoms with van der Waals surface area (Å²) in [6, 6.07) is 7.70. The third-order valence-corrected chi connectivity index (χ3v) is 4.09. The van der Waals surface area contributed by atoms with Crippen molar-refractivity contribution in [3.8, 4) is 0 Å². The molecule has 0 aromatic heterocycles. The Balaban J connectivity index is 1.61. The average molecular weight is 323 g/mol. The molecule has 4 nitrogen and oxygen atoms in total. The van der Waals surface area contributed by atoms with Gasteiger partial charge >= 0.3 is 0 Å². The lowest BCUT2D eigenvalue weighted by atomic mass is 10.1. The Morgan fingerprint density at radius 3 is 2.73 bits per heavy atom. The molecule has 0 radical (unpaired) electrons. The predicted molar refractivity (Wildman–Crippen MR) is 87.7 cm³/mol. The molecule has 1 atom stereocenters. The van der Waals surface area contributed by atoms with E-state index in [9.17, 15) is 9.59 Å². The van der Waals surface area contributed by atoms with E-state index in [0.29, 0.717) is 25.8 Å². The Labute approximate surface area is 136 Å². The summed E-state index contributed by atoms with van der Waals surface area (Å²) < 4.78 is 0. The smallest absolute Gasteiger partial charge is 0.223 e. The molecular formula is C17H23ClN2O2. The number of rotatable bonds is 8. The van der Waals surface area contributed by atoms with E-state index in [1.807, 2.05) is 31.2 Å². The minimum atomic E-state index is 0.0141. The van der Waals surface area contributed by atoms with Crippen molar-refractivity contribution in [3.05, 3.63) is 34.9 Å². The van der Waals surface area contributed by atoms with Crippen molar-refractivity contribution in [2.24, 2.45) is 5.92 Å². The van der Waals surface area contributed by atoms with Crippen molar-refractivity contribution in [2.75, 3.05) is 6.54 Å². The molecule has 1 aliphatic rings. The van der Waals surface area contributed by atoms with E-state index in [1.54, 1.807) is 0 Å². The van der Waals surface area contributed by atoms with Gasteiger partial charge in [-0.15, -0.1) is 0 Å². The zero-order valence-corrected chi connectivity index (χ0v) is 13.7. The van der Waals surface area contributed by atoms with E-state index in [-0.39, 0.29) is 23.8 Å². The van der Waals surface area contributed by atoms with Crippen LogP contribution >= 0.6 is 11.6 Å². The van der Waals surface area contributed by atoms with E-state index in [4.69, 9.17) is 11.6 Å². The number of carbonyl (C=O) groups excluding carboxylic acids is 2. The first-order valence-corrected chi connectivity index (χ1v) is 8.24. The fourth-order valence-corrected chi connectivity index (χ4v) is 2.56. The molecule has 1 saturated carbocycles. The van der Waals surface area contributed by atoms with Gasteiger partial charge in [-0.2, -0.15) is 0 Å². The fraction of sp³-hybridized carbons (Fsp3) is 0.529. The first kappa shape index (κ1) is 16.8. The van der Waals surface area contributed by atoms with Crippen molar-refractivity contribution in [2.45, 2.75) is 45.1 Å². The van der Waals surface area contributed by atoms with E-state index >= 15 is 0 Å². The SMILES string of the molecule is C[C@H](Cc1ccccc1Cl)NC(=O)CCCNC(=O)C1CC1. The third kappa shape index (κ3) is 5.68. The number of amides is 2. The summed E-state index contributed by atoms with van der Waals surface area (Å²) >= 11 is 6.11. The van der Waals surface area contributed by atoms with Gasteiger partial charge in [0.25, 0.3) is 0 Å². The molecule has 1 aromatic rings. The second-order valence-electron chi connectivity index (χ2n) is 5.93. The number of halogens is 1. The summed E-state index contributed by atoms with van der Waals surface area (Å²) in [6.07, 6.45) is 3.82. The lowest BCUT2D eigenvalue weighted by Gasteiger charge is -2.15. The van der Waals surface area contributed by atoms with Gasteiger partial charge < -0.3 is 10.6 Å². The van der Waals surface area contributed by atoms with Gasteiger partial charge in [-0.05, 0) is 44.2 Å². The summed E-state index contributed by atoms with van der Waals surface area (Å²) in [7, 11) is 0. The van der Waals surface area contributed by atoms with Crippen LogP contribution in [-0.4, -0.2) is 24.4 Å². The van der Waals surface area contributed by atoms with Crippen LogP contribution in [0, 0.1) is 5.92 Å². The van der Waals surface area contributed by atoms with Crippen LogP contribution < -0.4 is 10.6 Å². The maximum absolute atomic E-state index is 11.9. The molecule has 2 N–H and O–H groups in total. The predicted octanol–water partition coefficient (Wildman–Crippen LogP) is 2.69. The molecule has 2 amide bonds. The van der Waals surface area contributed by atoms with Crippen molar-refractivity contribution in [3.63, 3.8) is 0 Å². The monoisotopic (exact) mass is 322 g/mol. The minimum Gasteiger partial charge on any atom is -0.356 e. The summed E-state index contributed by atoms with van der Waals surface area (Å²) in [5.74, 6) is 0.372. The Bertz CT molecular complexity index is 529. The maximum Gasteiger partial charge on any atom is 0.223 e. The van der Waals surface area contributed by atoms with E-state index in [1.165, 1.54) is 0 Å². The highest BCUT2D eigenvalue weighted by atomic mass is 35.5. The molecule has 1 aliphatic carbocycles. The lowest BCUT2D eigenvalue weighted by Crippen LogP contribution is -2.34. The molecular weight excluding hydrogens is 300 g/mol. The highest BCUT2D eigenvalue weighted by Crippen LogP contribution is 2.28. The lowest BCUT2D eigenvalue weighted by molar-refractivity contribution is -0.123. The number of carbonyl (C=O) groups is 2. The molecule has 0 heterocycles. The molecule has 0 unspecified atom stereocenters. The highest BCUT2D eigenvalue weighted by molar-refractivity contribution is 6.31. The highest BCUT2D eigenvalue weighted by Gasteiger charge is 2.28. The van der Waals surface area contributed by atoms with Gasteiger partial charge in [0, 0.05) is 29.9 Å². The molecule has 0 spiro atoms. The zero-order chi connectivity index (χ0) is 15.9. The Kier molecular flexibility index (Phi) is 6.25. The van der Waals surface area contributed by atoms with Crippen molar-refractivity contribution in [1.29, 1.82) is 0 Å². The first-order valence-electron chi connectivity index (χ1n) is 7.86. The quantitative estimate of drug-likeness (QED) is 0.723. The molecule has 5 heteroatoms. The number of nitrogens with one attached hydrogen (secondary N) is 2. The zero-order valence-electron chi connectivity index (χ0n) is 12.9. The van der Waals surface area contributed by atoms with Crippen LogP contribution in [0.25, 0.3) is 0 Å². The van der Waals surface area contributed by atoms with Gasteiger partial charge in [0.2, 0.25) is 11.8 Å².